The van der Waals surface area contributed by atoms with Crippen LogP contribution in [0.1, 0.15) is 10.4 Å². The van der Waals surface area contributed by atoms with Crippen molar-refractivity contribution in [1.29, 1.82) is 0 Å². The number of rotatable bonds is 9. The van der Waals surface area contributed by atoms with Gasteiger partial charge >= 0.3 is 5.97 Å². The third kappa shape index (κ3) is 7.35. The lowest BCUT2D eigenvalue weighted by atomic mass is 10.1. The Balaban J connectivity index is 1.08. The Morgan fingerprint density at radius 1 is 0.491 bits per heavy atom. The minimum absolute atomic E-state index is 0.127. The van der Waals surface area contributed by atoms with Crippen molar-refractivity contribution in [3.8, 4) is 22.6 Å². The quantitative estimate of drug-likeness (QED) is 0.0836. The van der Waals surface area contributed by atoms with Gasteiger partial charge in [0.25, 0.3) is 10.1 Å². The number of phenolic OH excluding ortho intramolecular Hbond substituents is 1. The third-order valence-corrected chi connectivity index (χ3v) is 9.11. The molecular formula is C39H26N6O7S. The Kier molecular flexibility index (Phi) is 9.20. The molecule has 13 nitrogen and oxygen atoms in total. The van der Waals surface area contributed by atoms with Crippen LogP contribution >= 0.6 is 0 Å². The van der Waals surface area contributed by atoms with Crippen molar-refractivity contribution in [2.24, 2.45) is 30.7 Å². The number of benzene rings is 7. The van der Waals surface area contributed by atoms with Crippen molar-refractivity contribution in [2.45, 2.75) is 4.90 Å². The lowest BCUT2D eigenvalue weighted by molar-refractivity contribution is 0.0693. The van der Waals surface area contributed by atoms with E-state index in [-0.39, 0.29) is 33.5 Å². The molecule has 7 aromatic carbocycles. The summed E-state index contributed by atoms with van der Waals surface area (Å²) in [4.78, 5) is 10.9. The van der Waals surface area contributed by atoms with Crippen molar-refractivity contribution >= 4 is 71.8 Å². The van der Waals surface area contributed by atoms with E-state index in [1.54, 1.807) is 36.4 Å². The summed E-state index contributed by atoms with van der Waals surface area (Å²) in [7, 11) is -4.61. The Labute approximate surface area is 301 Å². The summed E-state index contributed by atoms with van der Waals surface area (Å²) >= 11 is 0. The topological polar surface area (TPSA) is 206 Å². The van der Waals surface area contributed by atoms with Crippen LogP contribution < -0.4 is 0 Å². The molecule has 7 aromatic rings. The molecule has 14 heteroatoms. The van der Waals surface area contributed by atoms with Crippen molar-refractivity contribution in [1.82, 2.24) is 0 Å². The van der Waals surface area contributed by atoms with E-state index in [2.05, 4.69) is 30.7 Å². The first kappa shape index (κ1) is 34.3. The molecule has 53 heavy (non-hydrogen) atoms. The van der Waals surface area contributed by atoms with Gasteiger partial charge in [-0.05, 0) is 71.8 Å². The average Bonchev–Trinajstić information content (AvgIpc) is 3.16. The van der Waals surface area contributed by atoms with Crippen LogP contribution in [0, 0.1) is 0 Å². The first-order valence-corrected chi connectivity index (χ1v) is 17.3. The van der Waals surface area contributed by atoms with Gasteiger partial charge in [-0.1, -0.05) is 72.8 Å². The molecule has 260 valence electrons. The van der Waals surface area contributed by atoms with Gasteiger partial charge < -0.3 is 15.3 Å². The molecule has 0 aliphatic heterocycles. The van der Waals surface area contributed by atoms with E-state index in [0.717, 1.165) is 22.6 Å². The van der Waals surface area contributed by atoms with Gasteiger partial charge in [0.2, 0.25) is 0 Å². The lowest BCUT2D eigenvalue weighted by Gasteiger charge is -2.08. The smallest absolute Gasteiger partial charge is 0.339 e. The molecule has 4 N–H and O–H groups in total. The molecule has 0 amide bonds. The monoisotopic (exact) mass is 722 g/mol. The van der Waals surface area contributed by atoms with Gasteiger partial charge in [-0.15, -0.1) is 15.3 Å². The van der Waals surface area contributed by atoms with E-state index in [4.69, 9.17) is 0 Å². The maximum Gasteiger partial charge on any atom is 0.339 e. The van der Waals surface area contributed by atoms with Crippen molar-refractivity contribution in [3.63, 3.8) is 0 Å². The van der Waals surface area contributed by atoms with E-state index in [0.29, 0.717) is 33.8 Å². The van der Waals surface area contributed by atoms with Gasteiger partial charge in [-0.2, -0.15) is 23.8 Å². The summed E-state index contributed by atoms with van der Waals surface area (Å²) in [5.41, 5.74) is 3.94. The molecule has 7 rings (SSSR count). The Morgan fingerprint density at radius 2 is 0.943 bits per heavy atom. The number of azo groups is 3. The number of carboxylic acid groups (broad SMARTS) is 1. The first-order chi connectivity index (χ1) is 25.5. The largest absolute Gasteiger partial charge is 0.507 e. The molecule has 0 unspecified atom stereocenters. The van der Waals surface area contributed by atoms with Crippen LogP contribution in [0.15, 0.2) is 169 Å². The molecule has 0 aliphatic carbocycles. The molecule has 0 aliphatic rings. The SMILES string of the molecule is O=C(O)c1cc(N=Nc2ccc(-c3ccc(N=Nc4ccc(N=Nc5cc(S(=O)(=O)O)c6ccccc6c5O)c5ccccc45)cc3)cc2)ccc1O. The van der Waals surface area contributed by atoms with Gasteiger partial charge in [-0.25, -0.2) is 4.79 Å². The van der Waals surface area contributed by atoms with E-state index < -0.39 is 21.0 Å². The van der Waals surface area contributed by atoms with Crippen molar-refractivity contribution in [3.05, 3.63) is 139 Å². The minimum atomic E-state index is -4.61. The fourth-order valence-electron chi connectivity index (χ4n) is 5.58. The fourth-order valence-corrected chi connectivity index (χ4v) is 6.29. The number of phenols is 2. The van der Waals surface area contributed by atoms with Gasteiger partial charge in [0, 0.05) is 21.5 Å². The number of carbonyl (C=O) groups is 1. The highest BCUT2D eigenvalue weighted by molar-refractivity contribution is 7.86. The number of hydrogen-bond donors (Lipinski definition) is 4. The lowest BCUT2D eigenvalue weighted by Crippen LogP contribution is -1.99. The van der Waals surface area contributed by atoms with E-state index in [1.807, 2.05) is 60.7 Å². The average molecular weight is 723 g/mol. The normalized spacial score (nSPS) is 12.1. The van der Waals surface area contributed by atoms with Crippen LogP contribution in [0.4, 0.5) is 34.1 Å². The number of fused-ring (bicyclic) bond motifs is 2. The fraction of sp³-hybridized carbons (Fsp3) is 0. The molecular weight excluding hydrogens is 697 g/mol. The van der Waals surface area contributed by atoms with E-state index in [9.17, 15) is 33.1 Å². The van der Waals surface area contributed by atoms with E-state index in [1.165, 1.54) is 30.3 Å². The van der Waals surface area contributed by atoms with Crippen LogP contribution in [0.25, 0.3) is 32.7 Å². The molecule has 0 radical (unpaired) electrons. The van der Waals surface area contributed by atoms with E-state index >= 15 is 0 Å². The standard InChI is InChI=1S/C39H26N6O7S/c46-36-20-17-27(21-32(36)39(48)49)42-40-25-13-9-23(10-14-25)24-11-15-26(16-12-24)41-43-33-18-19-34(29-6-2-1-5-28(29)33)44-45-35-22-37(53(50,51)52)30-7-3-4-8-31(30)38(35)47/h1-22,46-47H,(H,48,49)(H,50,51,52). The summed E-state index contributed by atoms with van der Waals surface area (Å²) in [5, 5.41) is 57.1. The molecule has 0 bridgehead atoms. The van der Waals surface area contributed by atoms with Crippen LogP contribution in [0.3, 0.4) is 0 Å². The second-order valence-electron chi connectivity index (χ2n) is 11.6. The summed E-state index contributed by atoms with van der Waals surface area (Å²) in [6, 6.07) is 36.9. The zero-order valence-corrected chi connectivity index (χ0v) is 28.1. The molecule has 0 saturated heterocycles. The molecule has 0 saturated carbocycles. The third-order valence-electron chi connectivity index (χ3n) is 8.21. The predicted octanol–water partition coefficient (Wildman–Crippen LogP) is 11.3. The Morgan fingerprint density at radius 3 is 1.49 bits per heavy atom. The summed E-state index contributed by atoms with van der Waals surface area (Å²) in [5.74, 6) is -1.88. The second-order valence-corrected chi connectivity index (χ2v) is 13.0. The van der Waals surface area contributed by atoms with Crippen LogP contribution in [-0.4, -0.2) is 34.3 Å². The maximum absolute atomic E-state index is 12.1. The van der Waals surface area contributed by atoms with Gasteiger partial charge in [0.15, 0.2) is 5.75 Å². The van der Waals surface area contributed by atoms with Gasteiger partial charge in [-0.3, -0.25) is 4.55 Å². The molecule has 0 atom stereocenters. The second kappa shape index (κ2) is 14.2. The molecule has 0 aromatic heterocycles. The maximum atomic E-state index is 12.1. The number of carboxylic acids is 1. The van der Waals surface area contributed by atoms with Crippen molar-refractivity contribution < 1.29 is 33.1 Å². The number of nitrogens with zero attached hydrogens (tertiary/aromatic N) is 6. The highest BCUT2D eigenvalue weighted by atomic mass is 32.2. The zero-order chi connectivity index (χ0) is 37.1. The molecule has 0 spiro atoms. The van der Waals surface area contributed by atoms with Gasteiger partial charge in [0.1, 0.15) is 21.9 Å². The highest BCUT2D eigenvalue weighted by Gasteiger charge is 2.19. The summed E-state index contributed by atoms with van der Waals surface area (Å²) < 4.78 is 34.0. The van der Waals surface area contributed by atoms with Crippen LogP contribution in [-0.2, 0) is 10.1 Å². The molecule has 0 heterocycles. The summed E-state index contributed by atoms with van der Waals surface area (Å²) in [6.45, 7) is 0. The van der Waals surface area contributed by atoms with Crippen molar-refractivity contribution in [2.75, 3.05) is 0 Å². The zero-order valence-electron chi connectivity index (χ0n) is 27.3. The molecule has 0 fully saturated rings. The Hall–Kier alpha value is -7.16. The Bertz CT molecular complexity index is 2750. The summed E-state index contributed by atoms with van der Waals surface area (Å²) in [6.07, 6.45) is 0. The van der Waals surface area contributed by atoms with Crippen LogP contribution in [0.5, 0.6) is 11.5 Å². The van der Waals surface area contributed by atoms with Gasteiger partial charge in [0.05, 0.1) is 28.4 Å². The first-order valence-electron chi connectivity index (χ1n) is 15.8. The number of hydrogen-bond acceptors (Lipinski definition) is 11. The minimum Gasteiger partial charge on any atom is -0.507 e. The predicted molar refractivity (Wildman–Crippen MR) is 199 cm³/mol. The highest BCUT2D eigenvalue weighted by Crippen LogP contribution is 2.41. The number of aromatic hydroxyl groups is 2. The number of aromatic carboxylic acids is 1. The van der Waals surface area contributed by atoms with Crippen LogP contribution in [0.2, 0.25) is 0 Å².